The lowest BCUT2D eigenvalue weighted by Crippen LogP contribution is -2.40. The highest BCUT2D eigenvalue weighted by Gasteiger charge is 2.20. The highest BCUT2D eigenvalue weighted by atomic mass is 16.7. The predicted octanol–water partition coefficient (Wildman–Crippen LogP) is 1.06. The topological polar surface area (TPSA) is 90.5 Å². The minimum Gasteiger partial charge on any atom is -0.449 e. The van der Waals surface area contributed by atoms with E-state index in [9.17, 15) is 14.4 Å². The SMILES string of the molecule is O=C(O)OC1=CCCn2c(=O)c3ccccc3c(=O)n21. The van der Waals surface area contributed by atoms with Crippen molar-refractivity contribution in [3.05, 3.63) is 51.0 Å². The number of carbonyl (C=O) groups is 1. The van der Waals surface area contributed by atoms with Gasteiger partial charge in [0.2, 0.25) is 5.88 Å². The molecule has 2 aromatic rings. The number of hydrogen-bond acceptors (Lipinski definition) is 4. The third-order valence-electron chi connectivity index (χ3n) is 3.12. The van der Waals surface area contributed by atoms with E-state index < -0.39 is 11.7 Å². The van der Waals surface area contributed by atoms with Gasteiger partial charge in [0.1, 0.15) is 0 Å². The number of allylic oxidation sites excluding steroid dienone is 1. The van der Waals surface area contributed by atoms with Crippen LogP contribution in [0.15, 0.2) is 39.9 Å². The molecule has 1 aromatic heterocycles. The van der Waals surface area contributed by atoms with E-state index >= 15 is 0 Å². The summed E-state index contributed by atoms with van der Waals surface area (Å²) in [5, 5.41) is 9.24. The standard InChI is InChI=1S/C13H10N2O5/c16-11-8-4-1-2-5-9(8)12(17)15-10(20-13(18)19)6-3-7-14(11)15/h1-2,4-6H,3,7H2,(H,18,19). The fraction of sp³-hybridized carbons (Fsp3) is 0.154. The molecule has 7 heteroatoms. The number of hydrogen-bond donors (Lipinski definition) is 1. The Morgan fingerprint density at radius 2 is 1.80 bits per heavy atom. The molecular formula is C13H10N2O5. The van der Waals surface area contributed by atoms with Crippen LogP contribution in [0.4, 0.5) is 4.79 Å². The maximum Gasteiger partial charge on any atom is 0.512 e. The van der Waals surface area contributed by atoms with Crippen molar-refractivity contribution in [3.63, 3.8) is 0 Å². The van der Waals surface area contributed by atoms with Gasteiger partial charge < -0.3 is 9.84 Å². The minimum atomic E-state index is -1.53. The maximum absolute atomic E-state index is 12.4. The van der Waals surface area contributed by atoms with Gasteiger partial charge in [-0.25, -0.2) is 9.48 Å². The fourth-order valence-electron chi connectivity index (χ4n) is 2.30. The van der Waals surface area contributed by atoms with E-state index in [4.69, 9.17) is 5.11 Å². The molecule has 0 saturated carbocycles. The third-order valence-corrected chi connectivity index (χ3v) is 3.12. The highest BCUT2D eigenvalue weighted by Crippen LogP contribution is 2.13. The van der Waals surface area contributed by atoms with Gasteiger partial charge >= 0.3 is 6.16 Å². The maximum atomic E-state index is 12.4. The van der Waals surface area contributed by atoms with Gasteiger partial charge in [0.25, 0.3) is 11.1 Å². The number of ether oxygens (including phenoxy) is 1. The molecule has 1 N–H and O–H groups in total. The number of benzene rings is 1. The summed E-state index contributed by atoms with van der Waals surface area (Å²) in [6.07, 6.45) is 0.363. The number of nitrogens with zero attached hydrogens (tertiary/aromatic N) is 2. The van der Waals surface area contributed by atoms with Crippen LogP contribution in [0.2, 0.25) is 0 Å². The third kappa shape index (κ3) is 1.71. The van der Waals surface area contributed by atoms with Crippen molar-refractivity contribution in [2.24, 2.45) is 0 Å². The Bertz CT molecular complexity index is 859. The molecule has 0 spiro atoms. The zero-order chi connectivity index (χ0) is 14.3. The van der Waals surface area contributed by atoms with Crippen molar-refractivity contribution >= 4 is 22.8 Å². The van der Waals surface area contributed by atoms with E-state index in [1.54, 1.807) is 18.2 Å². The van der Waals surface area contributed by atoms with Crippen LogP contribution < -0.4 is 11.1 Å². The molecule has 0 aliphatic carbocycles. The molecule has 20 heavy (non-hydrogen) atoms. The summed E-state index contributed by atoms with van der Waals surface area (Å²) in [5.41, 5.74) is -0.827. The van der Waals surface area contributed by atoms with Gasteiger partial charge in [-0.15, -0.1) is 0 Å². The van der Waals surface area contributed by atoms with Gasteiger partial charge in [-0.3, -0.25) is 9.59 Å². The Labute approximate surface area is 111 Å². The second-order valence-electron chi connectivity index (χ2n) is 4.29. The minimum absolute atomic E-state index is 0.156. The summed E-state index contributed by atoms with van der Waals surface area (Å²) in [5.74, 6) is -0.156. The summed E-state index contributed by atoms with van der Waals surface area (Å²) in [4.78, 5) is 35.4. The quantitative estimate of drug-likeness (QED) is 0.785. The van der Waals surface area contributed by atoms with Crippen LogP contribution in [0.1, 0.15) is 6.42 Å². The fourth-order valence-corrected chi connectivity index (χ4v) is 2.30. The van der Waals surface area contributed by atoms with E-state index in [0.717, 1.165) is 4.68 Å². The average Bonchev–Trinajstić information content (AvgIpc) is 2.44. The van der Waals surface area contributed by atoms with E-state index in [1.165, 1.54) is 16.8 Å². The Hall–Kier alpha value is -2.83. The molecule has 0 saturated heterocycles. The Morgan fingerprint density at radius 3 is 2.45 bits per heavy atom. The molecule has 0 unspecified atom stereocenters. The molecule has 0 radical (unpaired) electrons. The van der Waals surface area contributed by atoms with Crippen molar-refractivity contribution in [2.45, 2.75) is 13.0 Å². The average molecular weight is 274 g/mol. The van der Waals surface area contributed by atoms with Crippen LogP contribution in [0.5, 0.6) is 0 Å². The number of aromatic nitrogens is 2. The molecule has 1 aliphatic rings. The first-order valence-electron chi connectivity index (χ1n) is 5.96. The van der Waals surface area contributed by atoms with Crippen LogP contribution in [-0.4, -0.2) is 20.6 Å². The number of fused-ring (bicyclic) bond motifs is 2. The van der Waals surface area contributed by atoms with Crippen LogP contribution in [0.25, 0.3) is 16.7 Å². The predicted molar refractivity (Wildman–Crippen MR) is 70.5 cm³/mol. The van der Waals surface area contributed by atoms with Crippen molar-refractivity contribution in [1.29, 1.82) is 0 Å². The molecule has 0 atom stereocenters. The second kappa shape index (κ2) is 4.37. The lowest BCUT2D eigenvalue weighted by atomic mass is 10.2. The van der Waals surface area contributed by atoms with Crippen molar-refractivity contribution < 1.29 is 14.6 Å². The lowest BCUT2D eigenvalue weighted by molar-refractivity contribution is 0.127. The van der Waals surface area contributed by atoms with Crippen molar-refractivity contribution in [1.82, 2.24) is 9.36 Å². The van der Waals surface area contributed by atoms with Crippen LogP contribution in [-0.2, 0) is 11.3 Å². The van der Waals surface area contributed by atoms with Gasteiger partial charge in [-0.05, 0) is 24.6 Å². The van der Waals surface area contributed by atoms with Gasteiger partial charge in [0.15, 0.2) is 0 Å². The largest absolute Gasteiger partial charge is 0.512 e. The number of carboxylic acid groups (broad SMARTS) is 1. The van der Waals surface area contributed by atoms with E-state index in [2.05, 4.69) is 4.74 Å². The Morgan fingerprint density at radius 1 is 1.15 bits per heavy atom. The molecule has 3 rings (SSSR count). The molecule has 1 aromatic carbocycles. The Kier molecular flexibility index (Phi) is 2.67. The normalized spacial score (nSPS) is 13.7. The van der Waals surface area contributed by atoms with Gasteiger partial charge in [0, 0.05) is 6.54 Å². The summed E-state index contributed by atoms with van der Waals surface area (Å²) in [6, 6.07) is 6.42. The Balaban J connectivity index is 2.39. The van der Waals surface area contributed by atoms with Crippen molar-refractivity contribution in [2.75, 3.05) is 0 Å². The van der Waals surface area contributed by atoms with Crippen LogP contribution in [0.3, 0.4) is 0 Å². The first-order chi connectivity index (χ1) is 9.59. The van der Waals surface area contributed by atoms with Gasteiger partial charge in [-0.1, -0.05) is 12.1 Å². The van der Waals surface area contributed by atoms with Crippen molar-refractivity contribution in [3.8, 4) is 0 Å². The summed E-state index contributed by atoms with van der Waals surface area (Å²) in [6.45, 7) is 0.297. The van der Waals surface area contributed by atoms with Gasteiger partial charge in [0.05, 0.1) is 10.8 Å². The molecule has 1 aliphatic heterocycles. The molecule has 0 fully saturated rings. The molecule has 0 bridgehead atoms. The summed E-state index contributed by atoms with van der Waals surface area (Å²) in [7, 11) is 0. The van der Waals surface area contributed by atoms with Gasteiger partial charge in [-0.2, -0.15) is 4.68 Å². The van der Waals surface area contributed by atoms with E-state index in [0.29, 0.717) is 18.4 Å². The first-order valence-corrected chi connectivity index (χ1v) is 5.96. The zero-order valence-corrected chi connectivity index (χ0v) is 10.3. The molecule has 102 valence electrons. The smallest absolute Gasteiger partial charge is 0.449 e. The number of rotatable bonds is 1. The van der Waals surface area contributed by atoms with E-state index in [1.807, 2.05) is 0 Å². The van der Waals surface area contributed by atoms with E-state index in [-0.39, 0.29) is 16.8 Å². The zero-order valence-electron chi connectivity index (χ0n) is 10.3. The van der Waals surface area contributed by atoms with Crippen LogP contribution >= 0.6 is 0 Å². The molecule has 2 heterocycles. The molecule has 0 amide bonds. The van der Waals surface area contributed by atoms with Crippen LogP contribution in [0, 0.1) is 0 Å². The summed E-state index contributed by atoms with van der Waals surface area (Å²) < 4.78 is 6.76. The monoisotopic (exact) mass is 274 g/mol. The lowest BCUT2D eigenvalue weighted by Gasteiger charge is -2.20. The summed E-state index contributed by atoms with van der Waals surface area (Å²) >= 11 is 0. The first kappa shape index (κ1) is 12.2. The highest BCUT2D eigenvalue weighted by molar-refractivity contribution is 5.81. The molecular weight excluding hydrogens is 264 g/mol. The molecule has 7 nitrogen and oxygen atoms in total. The second-order valence-corrected chi connectivity index (χ2v) is 4.29.